The van der Waals surface area contributed by atoms with Crippen molar-refractivity contribution in [3.63, 3.8) is 0 Å². The van der Waals surface area contributed by atoms with Crippen molar-refractivity contribution in [2.24, 2.45) is 0 Å². The van der Waals surface area contributed by atoms with Crippen LogP contribution in [0.15, 0.2) is 97.1 Å². The smallest absolute Gasteiger partial charge is 0.335 e. The number of carboxylic acids is 2. The molecular formula is C29H18O7. The van der Waals surface area contributed by atoms with E-state index >= 15 is 0 Å². The normalized spacial score (nSPS) is 10.4. The summed E-state index contributed by atoms with van der Waals surface area (Å²) in [6.07, 6.45) is 0. The molecule has 4 rings (SSSR count). The van der Waals surface area contributed by atoms with Crippen LogP contribution in [0.1, 0.15) is 68.5 Å². The summed E-state index contributed by atoms with van der Waals surface area (Å²) in [5.74, 6) is -3.31. The number of carboxylic acid groups (broad SMARTS) is 2. The highest BCUT2D eigenvalue weighted by Gasteiger charge is 2.16. The molecule has 0 aromatic heterocycles. The predicted molar refractivity (Wildman–Crippen MR) is 130 cm³/mol. The first-order valence-corrected chi connectivity index (χ1v) is 10.8. The minimum Gasteiger partial charge on any atom is -0.478 e. The Morgan fingerprint density at radius 3 is 0.889 bits per heavy atom. The van der Waals surface area contributed by atoms with Gasteiger partial charge < -0.3 is 10.2 Å². The first-order chi connectivity index (χ1) is 17.2. The van der Waals surface area contributed by atoms with Gasteiger partial charge in [0.25, 0.3) is 0 Å². The predicted octanol–water partition coefficient (Wildman–Crippen LogP) is 4.78. The standard InChI is InChI=1S/C29H18O7/c30-25(17-7-11-19(12-8-17)26(31)21-3-1-5-23(15-21)28(33)34)18-9-13-20(14-10-18)27(32)22-4-2-6-24(16-22)29(35)36/h1-16H,(H,33,34)(H,35,36). The van der Waals surface area contributed by atoms with Crippen LogP contribution in [0.25, 0.3) is 0 Å². The maximum atomic E-state index is 12.9. The van der Waals surface area contributed by atoms with Crippen molar-refractivity contribution in [1.82, 2.24) is 0 Å². The van der Waals surface area contributed by atoms with Gasteiger partial charge in [0.1, 0.15) is 0 Å². The van der Waals surface area contributed by atoms with Crippen molar-refractivity contribution >= 4 is 29.3 Å². The number of aromatic carboxylic acids is 2. The van der Waals surface area contributed by atoms with E-state index in [-0.39, 0.29) is 39.6 Å². The minimum absolute atomic E-state index is 0.00386. The number of benzene rings is 4. The zero-order valence-corrected chi connectivity index (χ0v) is 18.7. The Morgan fingerprint density at radius 1 is 0.361 bits per heavy atom. The molecule has 0 bridgehead atoms. The molecule has 0 radical (unpaired) electrons. The highest BCUT2D eigenvalue weighted by atomic mass is 16.4. The van der Waals surface area contributed by atoms with Crippen LogP contribution in [0, 0.1) is 0 Å². The van der Waals surface area contributed by atoms with E-state index in [2.05, 4.69) is 0 Å². The average Bonchev–Trinajstić information content (AvgIpc) is 2.92. The maximum Gasteiger partial charge on any atom is 0.335 e. The van der Waals surface area contributed by atoms with Gasteiger partial charge in [-0.2, -0.15) is 0 Å². The lowest BCUT2D eigenvalue weighted by Crippen LogP contribution is -2.07. The van der Waals surface area contributed by atoms with E-state index < -0.39 is 11.9 Å². The average molecular weight is 478 g/mol. The molecule has 0 fully saturated rings. The number of rotatable bonds is 8. The second kappa shape index (κ2) is 9.99. The van der Waals surface area contributed by atoms with Crippen LogP contribution < -0.4 is 0 Å². The maximum absolute atomic E-state index is 12.9. The number of ketones is 3. The summed E-state index contributed by atoms with van der Waals surface area (Å²) in [6, 6.07) is 23.4. The molecule has 7 nitrogen and oxygen atoms in total. The summed E-state index contributed by atoms with van der Waals surface area (Å²) in [7, 11) is 0. The molecule has 7 heteroatoms. The number of hydrogen-bond donors (Lipinski definition) is 2. The molecular weight excluding hydrogens is 460 g/mol. The Hall–Kier alpha value is -5.17. The molecule has 4 aromatic carbocycles. The summed E-state index contributed by atoms with van der Waals surface area (Å²) in [4.78, 5) is 60.6. The molecule has 0 saturated heterocycles. The van der Waals surface area contributed by atoms with Crippen LogP contribution in [-0.2, 0) is 0 Å². The lowest BCUT2D eigenvalue weighted by atomic mass is 9.96. The lowest BCUT2D eigenvalue weighted by molar-refractivity contribution is 0.0686. The summed E-state index contributed by atoms with van der Waals surface area (Å²) in [5, 5.41) is 18.2. The van der Waals surface area contributed by atoms with Crippen molar-refractivity contribution in [1.29, 1.82) is 0 Å². The van der Waals surface area contributed by atoms with Gasteiger partial charge >= 0.3 is 11.9 Å². The Morgan fingerprint density at radius 2 is 0.611 bits per heavy atom. The third-order valence-corrected chi connectivity index (χ3v) is 5.56. The molecule has 0 aliphatic rings. The molecule has 36 heavy (non-hydrogen) atoms. The van der Waals surface area contributed by atoms with E-state index in [1.807, 2.05) is 0 Å². The second-order valence-corrected chi connectivity index (χ2v) is 7.91. The van der Waals surface area contributed by atoms with Gasteiger partial charge in [-0.3, -0.25) is 14.4 Å². The summed E-state index contributed by atoms with van der Waals surface area (Å²) < 4.78 is 0. The van der Waals surface area contributed by atoms with Gasteiger partial charge in [0, 0.05) is 33.4 Å². The number of carbonyl (C=O) groups excluding carboxylic acids is 3. The van der Waals surface area contributed by atoms with Gasteiger partial charge in [-0.05, 0) is 24.3 Å². The number of carbonyl (C=O) groups is 5. The Balaban J connectivity index is 1.50. The van der Waals surface area contributed by atoms with Crippen LogP contribution in [-0.4, -0.2) is 39.5 Å². The summed E-state index contributed by atoms with van der Waals surface area (Å²) in [6.45, 7) is 0. The molecule has 176 valence electrons. The third-order valence-electron chi connectivity index (χ3n) is 5.56. The van der Waals surface area contributed by atoms with E-state index in [1.54, 1.807) is 0 Å². The van der Waals surface area contributed by atoms with E-state index in [1.165, 1.54) is 97.1 Å². The second-order valence-electron chi connectivity index (χ2n) is 7.91. The van der Waals surface area contributed by atoms with E-state index in [0.717, 1.165) is 0 Å². The summed E-state index contributed by atoms with van der Waals surface area (Å²) in [5.41, 5.74) is 1.73. The SMILES string of the molecule is O=C(O)c1cccc(C(=O)c2ccc(C(=O)c3ccc(C(=O)c4cccc(C(=O)O)c4)cc3)cc2)c1. The first-order valence-electron chi connectivity index (χ1n) is 10.8. The van der Waals surface area contributed by atoms with Gasteiger partial charge in [0.15, 0.2) is 17.3 Å². The number of hydrogen-bond acceptors (Lipinski definition) is 5. The monoisotopic (exact) mass is 478 g/mol. The molecule has 0 unspecified atom stereocenters. The van der Waals surface area contributed by atoms with Crippen LogP contribution in [0.2, 0.25) is 0 Å². The van der Waals surface area contributed by atoms with Gasteiger partial charge in [-0.25, -0.2) is 9.59 Å². The van der Waals surface area contributed by atoms with Gasteiger partial charge in [-0.1, -0.05) is 72.8 Å². The lowest BCUT2D eigenvalue weighted by Gasteiger charge is -2.06. The minimum atomic E-state index is -1.13. The van der Waals surface area contributed by atoms with E-state index in [4.69, 9.17) is 10.2 Å². The Bertz CT molecular complexity index is 1400. The van der Waals surface area contributed by atoms with Gasteiger partial charge in [-0.15, -0.1) is 0 Å². The van der Waals surface area contributed by atoms with Gasteiger partial charge in [0.2, 0.25) is 0 Å². The molecule has 2 N–H and O–H groups in total. The fraction of sp³-hybridized carbons (Fsp3) is 0. The van der Waals surface area contributed by atoms with Gasteiger partial charge in [0.05, 0.1) is 11.1 Å². The van der Waals surface area contributed by atoms with Crippen molar-refractivity contribution in [2.75, 3.05) is 0 Å². The van der Waals surface area contributed by atoms with Crippen molar-refractivity contribution in [3.05, 3.63) is 142 Å². The Kier molecular flexibility index (Phi) is 6.65. The highest BCUT2D eigenvalue weighted by molar-refractivity contribution is 6.13. The van der Waals surface area contributed by atoms with Crippen molar-refractivity contribution in [2.45, 2.75) is 0 Å². The fourth-order valence-corrected chi connectivity index (χ4v) is 3.63. The van der Waals surface area contributed by atoms with Crippen LogP contribution in [0.5, 0.6) is 0 Å². The van der Waals surface area contributed by atoms with Crippen molar-refractivity contribution < 1.29 is 34.2 Å². The molecule has 0 heterocycles. The quantitative estimate of drug-likeness (QED) is 0.349. The highest BCUT2D eigenvalue weighted by Crippen LogP contribution is 2.18. The fourth-order valence-electron chi connectivity index (χ4n) is 3.63. The molecule has 0 aliphatic carbocycles. The molecule has 4 aromatic rings. The molecule has 0 atom stereocenters. The van der Waals surface area contributed by atoms with E-state index in [9.17, 15) is 24.0 Å². The van der Waals surface area contributed by atoms with Crippen LogP contribution in [0.4, 0.5) is 0 Å². The zero-order valence-electron chi connectivity index (χ0n) is 18.7. The third kappa shape index (κ3) is 5.00. The van der Waals surface area contributed by atoms with Crippen LogP contribution >= 0.6 is 0 Å². The zero-order chi connectivity index (χ0) is 25.8. The molecule has 0 amide bonds. The Labute approximate surface area is 205 Å². The summed E-state index contributed by atoms with van der Waals surface area (Å²) >= 11 is 0. The molecule has 0 saturated carbocycles. The topological polar surface area (TPSA) is 126 Å². The molecule has 0 aliphatic heterocycles. The van der Waals surface area contributed by atoms with E-state index in [0.29, 0.717) is 22.3 Å². The van der Waals surface area contributed by atoms with Crippen LogP contribution in [0.3, 0.4) is 0 Å². The first kappa shape index (κ1) is 24.0. The largest absolute Gasteiger partial charge is 0.478 e. The molecule has 0 spiro atoms. The van der Waals surface area contributed by atoms with Crippen molar-refractivity contribution in [3.8, 4) is 0 Å².